The highest BCUT2D eigenvalue weighted by Gasteiger charge is 2.99. The van der Waals surface area contributed by atoms with Gasteiger partial charge >= 0.3 is 71.3 Å². The molecular weight excluding hydrogens is 655 g/mol. The summed E-state index contributed by atoms with van der Waals surface area (Å²) >= 11 is 0. The van der Waals surface area contributed by atoms with Crippen LogP contribution in [0.1, 0.15) is 13.3 Å². The van der Waals surface area contributed by atoms with Crippen molar-refractivity contribution in [2.24, 2.45) is 0 Å². The molecule has 0 amide bonds. The Morgan fingerprint density at radius 3 is 0.650 bits per heavy atom. The summed E-state index contributed by atoms with van der Waals surface area (Å²) in [6, 6.07) is 0. The summed E-state index contributed by atoms with van der Waals surface area (Å²) in [6.07, 6.45) is -11.1. The molecule has 0 saturated carbocycles. The molecule has 0 spiro atoms. The van der Waals surface area contributed by atoms with Crippen LogP contribution in [0, 0.1) is 6.42 Å². The molecule has 1 radical (unpaired) electrons. The number of rotatable bonds is 12. The fourth-order valence-electron chi connectivity index (χ4n) is 2.35. The van der Waals surface area contributed by atoms with E-state index in [0.717, 1.165) is 0 Å². The lowest BCUT2D eigenvalue weighted by atomic mass is 9.84. The first-order valence-electron chi connectivity index (χ1n) is 8.88. The molecule has 0 aromatic heterocycles. The first kappa shape index (κ1) is 38.2. The number of hydrogen-bond acceptors (Lipinski definition) is 0. The molecule has 0 aromatic carbocycles. The van der Waals surface area contributed by atoms with Crippen LogP contribution in [0.15, 0.2) is 0 Å². The van der Waals surface area contributed by atoms with E-state index in [-0.39, 0.29) is 0 Å². The van der Waals surface area contributed by atoms with E-state index in [1.54, 1.807) is 0 Å². The van der Waals surface area contributed by atoms with E-state index < -0.39 is 84.2 Å². The Hall–Kier alpha value is -1.75. The normalized spacial score (nSPS) is 16.9. The van der Waals surface area contributed by atoms with Crippen LogP contribution in [0.4, 0.5) is 110 Å². The Balaban J connectivity index is 7.30. The second kappa shape index (κ2) is 9.38. The molecule has 0 saturated heterocycles. The minimum absolute atomic E-state index is 0.337. The quantitative estimate of drug-likeness (QED) is 0.183. The second-order valence-electron chi connectivity index (χ2n) is 7.48. The molecule has 241 valence electrons. The van der Waals surface area contributed by atoms with Crippen LogP contribution in [0.5, 0.6) is 0 Å². The molecule has 0 aliphatic carbocycles. The number of hydrogen-bond donors (Lipinski definition) is 0. The summed E-state index contributed by atoms with van der Waals surface area (Å²) in [5.74, 6) is -97.8. The summed E-state index contributed by atoms with van der Waals surface area (Å²) in [4.78, 5) is 0. The van der Waals surface area contributed by atoms with Crippen LogP contribution in [0.3, 0.4) is 0 Å². The molecule has 0 rings (SSSR count). The van der Waals surface area contributed by atoms with Crippen molar-refractivity contribution in [2.45, 2.75) is 84.7 Å². The predicted octanol–water partition coefficient (Wildman–Crippen LogP) is 9.15. The molecule has 0 N–H and O–H groups in total. The highest BCUT2D eigenvalue weighted by molar-refractivity contribution is 5.20. The Morgan fingerprint density at radius 1 is 0.300 bits per heavy atom. The van der Waals surface area contributed by atoms with Crippen molar-refractivity contribution in [3.63, 3.8) is 0 Å². The minimum Gasteiger partial charge on any atom is -0.199 e. The molecule has 0 aliphatic rings. The summed E-state index contributed by atoms with van der Waals surface area (Å²) < 4.78 is 329. The van der Waals surface area contributed by atoms with Gasteiger partial charge in [0, 0.05) is 6.42 Å². The molecule has 0 fully saturated rings. The largest absolute Gasteiger partial charge is 0.460 e. The van der Waals surface area contributed by atoms with E-state index in [9.17, 15) is 110 Å². The van der Waals surface area contributed by atoms with Crippen molar-refractivity contribution in [3.05, 3.63) is 6.42 Å². The third-order valence-corrected chi connectivity index (χ3v) is 4.78. The standard InChI is InChI=1S/C15H6F25/c1-2-3-4(16,17)5(18,19)6(20,21)7(22,23)8(24,25)9(26,27)10(28,29)11(30,31)12(32,33)13(34,35)14(36,37)15(38,39)40/h3H,2H2,1H3. The predicted molar refractivity (Wildman–Crippen MR) is 75.1 cm³/mol. The van der Waals surface area contributed by atoms with Crippen molar-refractivity contribution in [2.75, 3.05) is 0 Å². The highest BCUT2D eigenvalue weighted by Crippen LogP contribution is 2.67. The van der Waals surface area contributed by atoms with E-state index in [1.807, 2.05) is 0 Å². The second-order valence-corrected chi connectivity index (χ2v) is 7.48. The maximum atomic E-state index is 13.6. The average Bonchev–Trinajstić information content (AvgIpc) is 2.71. The first-order chi connectivity index (χ1) is 16.8. The van der Waals surface area contributed by atoms with E-state index in [1.165, 1.54) is 0 Å². The minimum atomic E-state index is -9.56. The van der Waals surface area contributed by atoms with Gasteiger partial charge < -0.3 is 0 Å². The van der Waals surface area contributed by atoms with Gasteiger partial charge in [-0.25, -0.2) is 0 Å². The molecule has 0 bridgehead atoms. The van der Waals surface area contributed by atoms with Gasteiger partial charge in [-0.3, -0.25) is 0 Å². The van der Waals surface area contributed by atoms with Crippen molar-refractivity contribution >= 4 is 0 Å². The zero-order valence-corrected chi connectivity index (χ0v) is 17.7. The zero-order valence-electron chi connectivity index (χ0n) is 17.7. The van der Waals surface area contributed by atoms with E-state index >= 15 is 0 Å². The monoisotopic (exact) mass is 661 g/mol. The van der Waals surface area contributed by atoms with Crippen molar-refractivity contribution in [1.29, 1.82) is 0 Å². The third kappa shape index (κ3) is 4.39. The first-order valence-corrected chi connectivity index (χ1v) is 8.88. The SMILES string of the molecule is CC[CH]C(F)(F)C(F)(F)C(F)(F)C(F)(F)C(F)(F)C(F)(F)C(F)(F)C(F)(F)C(F)(F)C(F)(F)C(F)(F)C(F)(F)F. The Bertz CT molecular complexity index is 904. The average molecular weight is 661 g/mol. The fourth-order valence-corrected chi connectivity index (χ4v) is 2.35. The molecule has 0 nitrogen and oxygen atoms in total. The van der Waals surface area contributed by atoms with Gasteiger partial charge in [-0.2, -0.15) is 110 Å². The molecule has 0 aliphatic heterocycles. The summed E-state index contributed by atoms with van der Waals surface area (Å²) in [6.45, 7) is 0.337. The number of halogens is 25. The van der Waals surface area contributed by atoms with E-state index in [0.29, 0.717) is 6.92 Å². The van der Waals surface area contributed by atoms with Gasteiger partial charge in [-0.05, 0) is 6.42 Å². The molecule has 25 heteroatoms. The van der Waals surface area contributed by atoms with E-state index in [2.05, 4.69) is 0 Å². The summed E-state index contributed by atoms with van der Waals surface area (Å²) in [7, 11) is 0. The molecular formula is C15H6F25. The summed E-state index contributed by atoms with van der Waals surface area (Å²) in [5, 5.41) is 0. The fraction of sp³-hybridized carbons (Fsp3) is 0.933. The lowest BCUT2D eigenvalue weighted by molar-refractivity contribution is -0.481. The van der Waals surface area contributed by atoms with Crippen LogP contribution in [-0.4, -0.2) is 71.3 Å². The van der Waals surface area contributed by atoms with Crippen LogP contribution in [0.25, 0.3) is 0 Å². The lowest BCUT2D eigenvalue weighted by Crippen LogP contribution is -2.78. The summed E-state index contributed by atoms with van der Waals surface area (Å²) in [5.41, 5.74) is 0. The van der Waals surface area contributed by atoms with Gasteiger partial charge in [0.05, 0.1) is 0 Å². The van der Waals surface area contributed by atoms with Crippen LogP contribution < -0.4 is 0 Å². The lowest BCUT2D eigenvalue weighted by Gasteiger charge is -2.45. The third-order valence-electron chi connectivity index (χ3n) is 4.78. The maximum Gasteiger partial charge on any atom is 0.460 e. The smallest absolute Gasteiger partial charge is 0.199 e. The van der Waals surface area contributed by atoms with Gasteiger partial charge in [-0.15, -0.1) is 0 Å². The van der Waals surface area contributed by atoms with Crippen molar-refractivity contribution in [3.8, 4) is 0 Å². The van der Waals surface area contributed by atoms with Gasteiger partial charge in [-0.1, -0.05) is 6.92 Å². The van der Waals surface area contributed by atoms with Crippen molar-refractivity contribution in [1.82, 2.24) is 0 Å². The molecule has 0 atom stereocenters. The van der Waals surface area contributed by atoms with Crippen LogP contribution in [-0.2, 0) is 0 Å². The molecule has 0 aromatic rings. The Morgan fingerprint density at radius 2 is 0.475 bits per heavy atom. The topological polar surface area (TPSA) is 0 Å². The van der Waals surface area contributed by atoms with Crippen LogP contribution >= 0.6 is 0 Å². The van der Waals surface area contributed by atoms with Crippen LogP contribution in [0.2, 0.25) is 0 Å². The molecule has 40 heavy (non-hydrogen) atoms. The zero-order chi connectivity index (χ0) is 33.4. The van der Waals surface area contributed by atoms with Gasteiger partial charge in [0.2, 0.25) is 0 Å². The van der Waals surface area contributed by atoms with Gasteiger partial charge in [0.15, 0.2) is 0 Å². The van der Waals surface area contributed by atoms with Gasteiger partial charge in [0.1, 0.15) is 0 Å². The molecule has 0 heterocycles. The maximum absolute atomic E-state index is 13.6. The van der Waals surface area contributed by atoms with E-state index in [4.69, 9.17) is 0 Å². The number of alkyl halides is 25. The Labute approximate surface area is 202 Å². The highest BCUT2D eigenvalue weighted by atomic mass is 19.4. The van der Waals surface area contributed by atoms with Crippen molar-refractivity contribution < 1.29 is 110 Å². The van der Waals surface area contributed by atoms with Gasteiger partial charge in [0.25, 0.3) is 0 Å². The molecule has 0 unspecified atom stereocenters. The Kier molecular flexibility index (Phi) is 8.97.